The largest absolute Gasteiger partial charge is 0.435 e. The Morgan fingerprint density at radius 3 is 2.10 bits per heavy atom. The molecule has 6 heteroatoms. The minimum atomic E-state index is -2.92. The molecule has 0 N–H and O–H groups in total. The number of Topliss-reactive ketones (excluding diaryl/α,β-unsaturated/α-hetero) is 1. The van der Waals surface area contributed by atoms with Crippen LogP contribution in [0.4, 0.5) is 13.2 Å². The summed E-state index contributed by atoms with van der Waals surface area (Å²) in [6, 6.07) is 10.5. The Balaban J connectivity index is 2.13. The fourth-order valence-electron chi connectivity index (χ4n) is 1.73. The summed E-state index contributed by atoms with van der Waals surface area (Å²) in [7, 11) is 0. The van der Waals surface area contributed by atoms with Gasteiger partial charge in [-0.2, -0.15) is 8.78 Å². The number of carbonyl (C=O) groups excluding carboxylic acids is 1. The molecular weight excluding hydrogens is 305 g/mol. The topological polar surface area (TPSA) is 26.3 Å². The third-order valence-corrected chi connectivity index (χ3v) is 3.21. The van der Waals surface area contributed by atoms with E-state index < -0.39 is 23.6 Å². The molecule has 2 aromatic rings. The normalized spacial score (nSPS) is 12.2. The standard InChI is InChI=1S/C15H10ClF3O2/c16-13(9-1-5-11(17)6-2-9)14(20)10-3-7-12(8-4-10)21-15(18)19/h1-8,13,15H. The molecule has 2 aromatic carbocycles. The summed E-state index contributed by atoms with van der Waals surface area (Å²) in [4.78, 5) is 12.1. The second-order valence-electron chi connectivity index (χ2n) is 4.18. The molecule has 0 radical (unpaired) electrons. The van der Waals surface area contributed by atoms with Crippen LogP contribution >= 0.6 is 11.6 Å². The Kier molecular flexibility index (Phi) is 4.85. The molecule has 0 bridgehead atoms. The van der Waals surface area contributed by atoms with Crippen molar-refractivity contribution in [1.82, 2.24) is 0 Å². The van der Waals surface area contributed by atoms with Crippen LogP contribution < -0.4 is 4.74 Å². The quantitative estimate of drug-likeness (QED) is 0.596. The minimum Gasteiger partial charge on any atom is -0.435 e. The molecule has 0 amide bonds. The fourth-order valence-corrected chi connectivity index (χ4v) is 2.00. The van der Waals surface area contributed by atoms with Crippen molar-refractivity contribution >= 4 is 17.4 Å². The van der Waals surface area contributed by atoms with Crippen LogP contribution in [0.25, 0.3) is 0 Å². The summed E-state index contributed by atoms with van der Waals surface area (Å²) in [5.41, 5.74) is 0.705. The number of rotatable bonds is 5. The number of hydrogen-bond acceptors (Lipinski definition) is 2. The van der Waals surface area contributed by atoms with E-state index >= 15 is 0 Å². The number of ketones is 1. The van der Waals surface area contributed by atoms with Gasteiger partial charge >= 0.3 is 6.61 Å². The van der Waals surface area contributed by atoms with E-state index in [9.17, 15) is 18.0 Å². The van der Waals surface area contributed by atoms with Gasteiger partial charge in [-0.05, 0) is 42.0 Å². The molecule has 0 heterocycles. The summed E-state index contributed by atoms with van der Waals surface area (Å²) in [6.45, 7) is -2.92. The first-order chi connectivity index (χ1) is 9.97. The lowest BCUT2D eigenvalue weighted by molar-refractivity contribution is -0.0498. The average molecular weight is 315 g/mol. The van der Waals surface area contributed by atoms with Gasteiger partial charge in [-0.25, -0.2) is 4.39 Å². The lowest BCUT2D eigenvalue weighted by atomic mass is 10.0. The van der Waals surface area contributed by atoms with Crippen LogP contribution in [-0.2, 0) is 0 Å². The predicted molar refractivity (Wildman–Crippen MR) is 72.4 cm³/mol. The van der Waals surface area contributed by atoms with Crippen molar-refractivity contribution in [1.29, 1.82) is 0 Å². The van der Waals surface area contributed by atoms with Gasteiger partial charge in [0, 0.05) is 5.56 Å². The van der Waals surface area contributed by atoms with Gasteiger partial charge in [0.05, 0.1) is 0 Å². The molecule has 0 aliphatic heterocycles. The maximum Gasteiger partial charge on any atom is 0.387 e. The average Bonchev–Trinajstić information content (AvgIpc) is 2.47. The minimum absolute atomic E-state index is 0.0468. The highest BCUT2D eigenvalue weighted by Gasteiger charge is 2.19. The molecule has 0 aliphatic rings. The van der Waals surface area contributed by atoms with Crippen LogP contribution in [0.15, 0.2) is 48.5 Å². The zero-order chi connectivity index (χ0) is 15.4. The summed E-state index contributed by atoms with van der Waals surface area (Å²) >= 11 is 6.04. The number of alkyl halides is 3. The highest BCUT2D eigenvalue weighted by atomic mass is 35.5. The molecule has 2 nitrogen and oxygen atoms in total. The van der Waals surface area contributed by atoms with Crippen molar-refractivity contribution in [2.45, 2.75) is 12.0 Å². The summed E-state index contributed by atoms with van der Waals surface area (Å²) < 4.78 is 41.0. The molecule has 0 saturated carbocycles. The van der Waals surface area contributed by atoms with Gasteiger partial charge in [-0.15, -0.1) is 11.6 Å². The lowest BCUT2D eigenvalue weighted by Crippen LogP contribution is -2.08. The number of hydrogen-bond donors (Lipinski definition) is 0. The first-order valence-electron chi connectivity index (χ1n) is 5.96. The molecule has 0 saturated heterocycles. The van der Waals surface area contributed by atoms with E-state index in [2.05, 4.69) is 4.74 Å². The van der Waals surface area contributed by atoms with Gasteiger partial charge in [0.25, 0.3) is 0 Å². The van der Waals surface area contributed by atoms with Crippen LogP contribution in [0.1, 0.15) is 21.3 Å². The van der Waals surface area contributed by atoms with E-state index in [0.29, 0.717) is 5.56 Å². The Labute approximate surface area is 124 Å². The van der Waals surface area contributed by atoms with E-state index in [1.807, 2.05) is 0 Å². The second-order valence-corrected chi connectivity index (χ2v) is 4.62. The summed E-state index contributed by atoms with van der Waals surface area (Å²) in [5, 5.41) is -0.979. The molecule has 0 aliphatic carbocycles. The third kappa shape index (κ3) is 3.98. The molecule has 1 atom stereocenters. The van der Waals surface area contributed by atoms with E-state index in [0.717, 1.165) is 0 Å². The summed E-state index contributed by atoms with van der Waals surface area (Å²) in [5.74, 6) is -0.884. The highest BCUT2D eigenvalue weighted by molar-refractivity contribution is 6.33. The van der Waals surface area contributed by atoms with Gasteiger partial charge < -0.3 is 4.74 Å². The second kappa shape index (κ2) is 6.63. The smallest absolute Gasteiger partial charge is 0.387 e. The predicted octanol–water partition coefficient (Wildman–Crippen LogP) is 4.59. The fraction of sp³-hybridized carbons (Fsp3) is 0.133. The zero-order valence-corrected chi connectivity index (χ0v) is 11.4. The number of carbonyl (C=O) groups is 1. The van der Waals surface area contributed by atoms with Crippen molar-refractivity contribution in [3.05, 3.63) is 65.5 Å². The Bertz CT molecular complexity index is 612. The first-order valence-corrected chi connectivity index (χ1v) is 6.39. The molecule has 0 aromatic heterocycles. The van der Waals surface area contributed by atoms with Gasteiger partial charge in [0.1, 0.15) is 16.9 Å². The van der Waals surface area contributed by atoms with Crippen LogP contribution in [0.5, 0.6) is 5.75 Å². The van der Waals surface area contributed by atoms with Gasteiger partial charge in [0.15, 0.2) is 5.78 Å². The molecular formula is C15H10ClF3O2. The molecule has 21 heavy (non-hydrogen) atoms. The van der Waals surface area contributed by atoms with Crippen molar-refractivity contribution in [3.63, 3.8) is 0 Å². The maximum absolute atomic E-state index is 12.8. The molecule has 110 valence electrons. The van der Waals surface area contributed by atoms with Crippen LogP contribution in [0.2, 0.25) is 0 Å². The number of ether oxygens (including phenoxy) is 1. The molecule has 2 rings (SSSR count). The van der Waals surface area contributed by atoms with Crippen molar-refractivity contribution < 1.29 is 22.7 Å². The van der Waals surface area contributed by atoms with Crippen LogP contribution in [-0.4, -0.2) is 12.4 Å². The molecule has 1 unspecified atom stereocenters. The highest BCUT2D eigenvalue weighted by Crippen LogP contribution is 2.26. The van der Waals surface area contributed by atoms with E-state index in [-0.39, 0.29) is 11.3 Å². The third-order valence-electron chi connectivity index (χ3n) is 2.76. The maximum atomic E-state index is 12.8. The van der Waals surface area contributed by atoms with Crippen molar-refractivity contribution in [2.75, 3.05) is 0 Å². The lowest BCUT2D eigenvalue weighted by Gasteiger charge is -2.10. The Morgan fingerprint density at radius 2 is 1.57 bits per heavy atom. The zero-order valence-electron chi connectivity index (χ0n) is 10.6. The Hall–Kier alpha value is -2.01. The van der Waals surface area contributed by atoms with Crippen LogP contribution in [0, 0.1) is 5.82 Å². The first kappa shape index (κ1) is 15.4. The SMILES string of the molecule is O=C(c1ccc(OC(F)F)cc1)C(Cl)c1ccc(F)cc1. The molecule has 0 spiro atoms. The van der Waals surface area contributed by atoms with E-state index in [1.165, 1.54) is 48.5 Å². The van der Waals surface area contributed by atoms with Gasteiger partial charge in [-0.3, -0.25) is 4.79 Å². The summed E-state index contributed by atoms with van der Waals surface area (Å²) in [6.07, 6.45) is 0. The van der Waals surface area contributed by atoms with Crippen molar-refractivity contribution in [3.8, 4) is 5.75 Å². The number of halogens is 4. The van der Waals surface area contributed by atoms with E-state index in [1.54, 1.807) is 0 Å². The van der Waals surface area contributed by atoms with Gasteiger partial charge in [-0.1, -0.05) is 12.1 Å². The van der Waals surface area contributed by atoms with Crippen LogP contribution in [0.3, 0.4) is 0 Å². The number of benzene rings is 2. The molecule has 0 fully saturated rings. The van der Waals surface area contributed by atoms with Gasteiger partial charge in [0.2, 0.25) is 0 Å². The monoisotopic (exact) mass is 314 g/mol. The van der Waals surface area contributed by atoms with E-state index in [4.69, 9.17) is 11.6 Å². The Morgan fingerprint density at radius 1 is 1.00 bits per heavy atom. The van der Waals surface area contributed by atoms with Crippen molar-refractivity contribution in [2.24, 2.45) is 0 Å².